The quantitative estimate of drug-likeness (QED) is 0.653. The highest BCUT2D eigenvalue weighted by Crippen LogP contribution is 2.16. The fourth-order valence-corrected chi connectivity index (χ4v) is 2.43. The molecule has 2 aromatic rings. The smallest absolute Gasteiger partial charge is 0.120 e. The van der Waals surface area contributed by atoms with Crippen LogP contribution in [0, 0.1) is 6.92 Å². The van der Waals surface area contributed by atoms with Crippen LogP contribution >= 0.6 is 0 Å². The summed E-state index contributed by atoms with van der Waals surface area (Å²) in [6.45, 7) is 9.47. The molecule has 0 saturated carbocycles. The first kappa shape index (κ1) is 18.5. The second-order valence-electron chi connectivity index (χ2n) is 6.31. The van der Waals surface area contributed by atoms with Gasteiger partial charge in [0.25, 0.3) is 0 Å². The molecule has 0 aliphatic carbocycles. The van der Waals surface area contributed by atoms with Crippen LogP contribution in [-0.2, 0) is 17.9 Å². The summed E-state index contributed by atoms with van der Waals surface area (Å²) >= 11 is 0. The summed E-state index contributed by atoms with van der Waals surface area (Å²) in [5.74, 6) is 0.917. The molecule has 2 aromatic carbocycles. The monoisotopic (exact) mass is 327 g/mol. The van der Waals surface area contributed by atoms with Gasteiger partial charge in [0.2, 0.25) is 0 Å². The van der Waals surface area contributed by atoms with Crippen molar-refractivity contribution in [1.82, 2.24) is 5.32 Å². The summed E-state index contributed by atoms with van der Waals surface area (Å²) in [4.78, 5) is 0. The third kappa shape index (κ3) is 6.73. The molecule has 0 aliphatic rings. The van der Waals surface area contributed by atoms with Crippen LogP contribution in [0.5, 0.6) is 5.75 Å². The van der Waals surface area contributed by atoms with Crippen LogP contribution in [0.2, 0.25) is 0 Å². The molecule has 0 bridgehead atoms. The van der Waals surface area contributed by atoms with E-state index in [-0.39, 0.29) is 0 Å². The number of benzene rings is 2. The van der Waals surface area contributed by atoms with Crippen molar-refractivity contribution >= 4 is 0 Å². The van der Waals surface area contributed by atoms with Crippen LogP contribution in [0.4, 0.5) is 0 Å². The summed E-state index contributed by atoms with van der Waals surface area (Å²) in [6, 6.07) is 16.6. The molecule has 24 heavy (non-hydrogen) atoms. The van der Waals surface area contributed by atoms with Gasteiger partial charge in [-0.1, -0.05) is 36.4 Å². The van der Waals surface area contributed by atoms with Gasteiger partial charge in [0.05, 0.1) is 6.10 Å². The third-order valence-electron chi connectivity index (χ3n) is 3.83. The Morgan fingerprint density at radius 1 is 1.04 bits per heavy atom. The summed E-state index contributed by atoms with van der Waals surface area (Å²) in [6.07, 6.45) is 1.34. The standard InChI is InChI=1S/C21H29NO2/c1-17(2)23-13-7-12-22-15-19-9-6-11-21(14-19)24-16-20-10-5-4-8-18(20)3/h4-6,8-11,14,17,22H,7,12-13,15-16H2,1-3H3. The number of hydrogen-bond donors (Lipinski definition) is 1. The normalized spacial score (nSPS) is 11.0. The summed E-state index contributed by atoms with van der Waals surface area (Å²) in [7, 11) is 0. The minimum atomic E-state index is 0.312. The Balaban J connectivity index is 1.74. The largest absolute Gasteiger partial charge is 0.489 e. The molecule has 3 heteroatoms. The van der Waals surface area contributed by atoms with E-state index in [0.717, 1.165) is 31.9 Å². The Kier molecular flexibility index (Phi) is 7.80. The maximum Gasteiger partial charge on any atom is 0.120 e. The molecule has 130 valence electrons. The van der Waals surface area contributed by atoms with Crippen molar-refractivity contribution in [3.63, 3.8) is 0 Å². The average molecular weight is 327 g/mol. The molecule has 0 fully saturated rings. The van der Waals surface area contributed by atoms with Crippen LogP contribution < -0.4 is 10.1 Å². The SMILES string of the molecule is Cc1ccccc1COc1cccc(CNCCCOC(C)C)c1. The third-order valence-corrected chi connectivity index (χ3v) is 3.83. The van der Waals surface area contributed by atoms with Gasteiger partial charge in [-0.25, -0.2) is 0 Å². The molecule has 0 aromatic heterocycles. The van der Waals surface area contributed by atoms with Crippen molar-refractivity contribution < 1.29 is 9.47 Å². The Morgan fingerprint density at radius 2 is 1.88 bits per heavy atom. The molecule has 3 nitrogen and oxygen atoms in total. The zero-order chi connectivity index (χ0) is 17.2. The van der Waals surface area contributed by atoms with Crippen molar-refractivity contribution in [1.29, 1.82) is 0 Å². The minimum Gasteiger partial charge on any atom is -0.489 e. The summed E-state index contributed by atoms with van der Waals surface area (Å²) < 4.78 is 11.5. The Morgan fingerprint density at radius 3 is 2.67 bits per heavy atom. The number of hydrogen-bond acceptors (Lipinski definition) is 3. The first-order chi connectivity index (χ1) is 11.6. The molecule has 0 radical (unpaired) electrons. The molecule has 2 rings (SSSR count). The Bertz CT molecular complexity index is 610. The minimum absolute atomic E-state index is 0.312. The van der Waals surface area contributed by atoms with Gasteiger partial charge >= 0.3 is 0 Å². The lowest BCUT2D eigenvalue weighted by atomic mass is 10.1. The number of ether oxygens (including phenoxy) is 2. The molecule has 0 aliphatic heterocycles. The van der Waals surface area contributed by atoms with Crippen molar-refractivity contribution in [2.24, 2.45) is 0 Å². The number of rotatable bonds is 10. The molecule has 0 amide bonds. The topological polar surface area (TPSA) is 30.5 Å². The van der Waals surface area contributed by atoms with Gasteiger partial charge in [-0.05, 0) is 62.6 Å². The lowest BCUT2D eigenvalue weighted by Crippen LogP contribution is -2.17. The maximum absolute atomic E-state index is 5.94. The fraction of sp³-hybridized carbons (Fsp3) is 0.429. The molecular formula is C21H29NO2. The Hall–Kier alpha value is -1.84. The van der Waals surface area contributed by atoms with E-state index in [0.29, 0.717) is 12.7 Å². The predicted octanol–water partition coefficient (Wildman–Crippen LogP) is 4.48. The number of aryl methyl sites for hydroxylation is 1. The van der Waals surface area contributed by atoms with Gasteiger partial charge in [-0.3, -0.25) is 0 Å². The van der Waals surface area contributed by atoms with Gasteiger partial charge in [0.15, 0.2) is 0 Å². The molecule has 0 heterocycles. The van der Waals surface area contributed by atoms with Crippen molar-refractivity contribution in [2.45, 2.75) is 46.4 Å². The van der Waals surface area contributed by atoms with Crippen LogP contribution in [-0.4, -0.2) is 19.3 Å². The Labute approximate surface area is 146 Å². The van der Waals surface area contributed by atoms with Gasteiger partial charge < -0.3 is 14.8 Å². The second-order valence-corrected chi connectivity index (χ2v) is 6.31. The zero-order valence-corrected chi connectivity index (χ0v) is 15.0. The highest BCUT2D eigenvalue weighted by Gasteiger charge is 2.01. The molecule has 1 N–H and O–H groups in total. The van der Waals surface area contributed by atoms with Gasteiger partial charge in [0, 0.05) is 13.2 Å². The molecule has 0 spiro atoms. The van der Waals surface area contributed by atoms with E-state index in [1.54, 1.807) is 0 Å². The number of nitrogens with one attached hydrogen (secondary N) is 1. The van der Waals surface area contributed by atoms with E-state index >= 15 is 0 Å². The molecule has 0 saturated heterocycles. The first-order valence-electron chi connectivity index (χ1n) is 8.73. The lowest BCUT2D eigenvalue weighted by Gasteiger charge is -2.11. The van der Waals surface area contributed by atoms with E-state index < -0.39 is 0 Å². The maximum atomic E-state index is 5.94. The van der Waals surface area contributed by atoms with E-state index in [4.69, 9.17) is 9.47 Å². The van der Waals surface area contributed by atoms with Crippen LogP contribution in [0.15, 0.2) is 48.5 Å². The first-order valence-corrected chi connectivity index (χ1v) is 8.73. The highest BCUT2D eigenvalue weighted by molar-refractivity contribution is 5.30. The average Bonchev–Trinajstić information content (AvgIpc) is 2.57. The van der Waals surface area contributed by atoms with Crippen molar-refractivity contribution in [2.75, 3.05) is 13.2 Å². The van der Waals surface area contributed by atoms with E-state index in [2.05, 4.69) is 62.5 Å². The van der Waals surface area contributed by atoms with Gasteiger partial charge in [0.1, 0.15) is 12.4 Å². The van der Waals surface area contributed by atoms with Gasteiger partial charge in [-0.2, -0.15) is 0 Å². The van der Waals surface area contributed by atoms with Crippen molar-refractivity contribution in [3.8, 4) is 5.75 Å². The molecule has 0 atom stereocenters. The highest BCUT2D eigenvalue weighted by atomic mass is 16.5. The van der Waals surface area contributed by atoms with Crippen LogP contribution in [0.25, 0.3) is 0 Å². The van der Waals surface area contributed by atoms with Crippen LogP contribution in [0.3, 0.4) is 0 Å². The van der Waals surface area contributed by atoms with Crippen molar-refractivity contribution in [3.05, 3.63) is 65.2 Å². The molecular weight excluding hydrogens is 298 g/mol. The van der Waals surface area contributed by atoms with E-state index in [1.165, 1.54) is 16.7 Å². The van der Waals surface area contributed by atoms with E-state index in [9.17, 15) is 0 Å². The summed E-state index contributed by atoms with van der Waals surface area (Å²) in [5, 5.41) is 3.45. The molecule has 0 unspecified atom stereocenters. The summed E-state index contributed by atoms with van der Waals surface area (Å²) in [5.41, 5.74) is 3.73. The fourth-order valence-electron chi connectivity index (χ4n) is 2.43. The lowest BCUT2D eigenvalue weighted by molar-refractivity contribution is 0.0770. The second kappa shape index (κ2) is 10.1. The van der Waals surface area contributed by atoms with Gasteiger partial charge in [-0.15, -0.1) is 0 Å². The van der Waals surface area contributed by atoms with E-state index in [1.807, 2.05) is 12.1 Å². The zero-order valence-electron chi connectivity index (χ0n) is 15.0. The van der Waals surface area contributed by atoms with Crippen LogP contribution in [0.1, 0.15) is 37.0 Å². The predicted molar refractivity (Wildman–Crippen MR) is 99.4 cm³/mol.